The summed E-state index contributed by atoms with van der Waals surface area (Å²) in [6.45, 7) is 0.302. The summed E-state index contributed by atoms with van der Waals surface area (Å²) in [4.78, 5) is 33.4. The standard InChI is InChI=1S/C32H36N4O9S/c33-20-12-13-23-26(19-20)45-29-24(28(23)21-9-4-5-10-22(21)31(39)40)14-15-25(34)30(29)46(43,44)36(17-7-1-3-11-27(37)38)18-8-2-6-16-35-32(41)42/h4-5,9-10,12-15,19,34-35H,1-3,6-8,11,16-18,33H2,(H,37,38)(H,39,40)(H,41,42)/p-1. The fourth-order valence-corrected chi connectivity index (χ4v) is 7.11. The van der Waals surface area contributed by atoms with Gasteiger partial charge in [-0.1, -0.05) is 31.0 Å². The molecular weight excluding hydrogens is 616 g/mol. The minimum atomic E-state index is -4.41. The van der Waals surface area contributed by atoms with E-state index >= 15 is 0 Å². The molecule has 2 aliphatic rings. The number of rotatable bonds is 16. The lowest BCUT2D eigenvalue weighted by Gasteiger charge is -2.25. The highest BCUT2D eigenvalue weighted by Crippen LogP contribution is 2.44. The van der Waals surface area contributed by atoms with Gasteiger partial charge in [-0.2, -0.15) is 4.31 Å². The van der Waals surface area contributed by atoms with Gasteiger partial charge in [0, 0.05) is 53.9 Å². The highest BCUT2D eigenvalue weighted by molar-refractivity contribution is 7.89. The third-order valence-electron chi connectivity index (χ3n) is 7.54. The molecule has 1 heterocycles. The zero-order valence-corrected chi connectivity index (χ0v) is 25.8. The fraction of sp³-hybridized carbons (Fsp3) is 0.312. The first kappa shape index (κ1) is 33.9. The van der Waals surface area contributed by atoms with E-state index < -0.39 is 33.0 Å². The number of nitrogens with one attached hydrogen (secondary N) is 2. The summed E-state index contributed by atoms with van der Waals surface area (Å²) in [6, 6.07) is 14.0. The Balaban J connectivity index is 1.82. The quantitative estimate of drug-likeness (QED) is 0.0670. The summed E-state index contributed by atoms with van der Waals surface area (Å²) in [5.74, 6) is -2.50. The van der Waals surface area contributed by atoms with Crippen molar-refractivity contribution < 1.29 is 42.5 Å². The van der Waals surface area contributed by atoms with E-state index in [-0.39, 0.29) is 53.9 Å². The summed E-state index contributed by atoms with van der Waals surface area (Å²) in [5.41, 5.74) is 7.58. The Morgan fingerprint density at radius 2 is 1.61 bits per heavy atom. The van der Waals surface area contributed by atoms with Gasteiger partial charge in [0.15, 0.2) is 10.7 Å². The number of hydrogen-bond acceptors (Lipinski definition) is 9. The molecule has 0 aromatic heterocycles. The Morgan fingerprint density at radius 3 is 2.28 bits per heavy atom. The Hall–Kier alpha value is -4.95. The van der Waals surface area contributed by atoms with E-state index in [1.165, 1.54) is 28.6 Å². The van der Waals surface area contributed by atoms with Crippen LogP contribution in [-0.2, 0) is 14.8 Å². The number of carbonyl (C=O) groups is 3. The Bertz CT molecular complexity index is 1890. The van der Waals surface area contributed by atoms with Gasteiger partial charge in [-0.15, -0.1) is 0 Å². The van der Waals surface area contributed by atoms with Gasteiger partial charge in [0.25, 0.3) is 0 Å². The molecule has 0 spiro atoms. The van der Waals surface area contributed by atoms with Crippen LogP contribution in [0.5, 0.6) is 0 Å². The number of unbranched alkanes of at least 4 members (excludes halogenated alkanes) is 4. The second kappa shape index (κ2) is 14.9. The van der Waals surface area contributed by atoms with Crippen molar-refractivity contribution in [2.45, 2.75) is 49.8 Å². The van der Waals surface area contributed by atoms with E-state index in [9.17, 15) is 33.0 Å². The number of nitrogen functional groups attached to an aromatic ring is 1. The van der Waals surface area contributed by atoms with Crippen LogP contribution in [0.4, 0.5) is 10.5 Å². The average Bonchev–Trinajstić information content (AvgIpc) is 2.99. The molecule has 4 rings (SSSR count). The van der Waals surface area contributed by atoms with Crippen LogP contribution < -0.4 is 21.5 Å². The monoisotopic (exact) mass is 651 g/mol. The van der Waals surface area contributed by atoms with E-state index in [0.29, 0.717) is 60.7 Å². The SMILES string of the molecule is N=c1ccc2c(-c3ccccc3C(=O)O)c3ccc(N)cc3oc-2c1S(=O)(=O)N(CCCCCNC(=O)O)CCCCCC(=O)[O-]. The third-order valence-corrected chi connectivity index (χ3v) is 9.51. The van der Waals surface area contributed by atoms with E-state index in [2.05, 4.69) is 5.32 Å². The van der Waals surface area contributed by atoms with Crippen LogP contribution in [0, 0.1) is 5.41 Å². The highest BCUT2D eigenvalue weighted by atomic mass is 32.2. The Labute approximate surface area is 265 Å². The first-order chi connectivity index (χ1) is 21.9. The van der Waals surface area contributed by atoms with Gasteiger partial charge < -0.3 is 35.6 Å². The lowest BCUT2D eigenvalue weighted by Crippen LogP contribution is -2.36. The van der Waals surface area contributed by atoms with Crippen molar-refractivity contribution in [1.29, 1.82) is 5.41 Å². The fourth-order valence-electron chi connectivity index (χ4n) is 5.38. The molecule has 0 saturated carbocycles. The average molecular weight is 652 g/mol. The maximum Gasteiger partial charge on any atom is 0.404 e. The molecule has 1 aliphatic carbocycles. The molecule has 244 valence electrons. The lowest BCUT2D eigenvalue weighted by molar-refractivity contribution is -0.305. The third kappa shape index (κ3) is 7.82. The van der Waals surface area contributed by atoms with Crippen molar-refractivity contribution in [3.63, 3.8) is 0 Å². The van der Waals surface area contributed by atoms with E-state index in [4.69, 9.17) is 20.7 Å². The predicted molar refractivity (Wildman–Crippen MR) is 168 cm³/mol. The van der Waals surface area contributed by atoms with Gasteiger partial charge in [0.2, 0.25) is 10.0 Å². The number of fused-ring (bicyclic) bond motifs is 2. The van der Waals surface area contributed by atoms with Gasteiger partial charge in [0.05, 0.1) is 10.9 Å². The van der Waals surface area contributed by atoms with Crippen LogP contribution >= 0.6 is 0 Å². The first-order valence-electron chi connectivity index (χ1n) is 14.7. The summed E-state index contributed by atoms with van der Waals surface area (Å²) in [5, 5.41) is 40.8. The Morgan fingerprint density at radius 1 is 0.913 bits per heavy atom. The number of aliphatic carboxylic acids is 1. The molecular formula is C32H35N4O9S-. The maximum absolute atomic E-state index is 14.4. The van der Waals surface area contributed by atoms with Gasteiger partial charge in [-0.25, -0.2) is 18.0 Å². The number of amides is 1. The number of sulfonamides is 1. The van der Waals surface area contributed by atoms with Crippen molar-refractivity contribution >= 4 is 44.7 Å². The molecule has 0 atom stereocenters. The summed E-state index contributed by atoms with van der Waals surface area (Å²) >= 11 is 0. The van der Waals surface area contributed by atoms with Crippen LogP contribution in [0.1, 0.15) is 55.3 Å². The minimum Gasteiger partial charge on any atom is -0.550 e. The molecule has 0 radical (unpaired) electrons. The first-order valence-corrected chi connectivity index (χ1v) is 16.2. The molecule has 2 aromatic rings. The van der Waals surface area contributed by atoms with Crippen LogP contribution in [-0.4, -0.2) is 60.6 Å². The van der Waals surface area contributed by atoms with Crippen molar-refractivity contribution in [3.05, 3.63) is 65.5 Å². The molecule has 0 bridgehead atoms. The molecule has 13 nitrogen and oxygen atoms in total. The van der Waals surface area contributed by atoms with Crippen LogP contribution in [0.2, 0.25) is 0 Å². The van der Waals surface area contributed by atoms with Crippen LogP contribution in [0.25, 0.3) is 33.4 Å². The number of aromatic carboxylic acids is 1. The summed E-state index contributed by atoms with van der Waals surface area (Å²) < 4.78 is 36.2. The second-order valence-electron chi connectivity index (χ2n) is 10.8. The number of nitrogens with two attached hydrogens (primary N) is 1. The Kier molecular flexibility index (Phi) is 11.0. The highest BCUT2D eigenvalue weighted by Gasteiger charge is 2.33. The minimum absolute atomic E-state index is 0.0111. The smallest absolute Gasteiger partial charge is 0.404 e. The zero-order chi connectivity index (χ0) is 33.4. The van der Waals surface area contributed by atoms with E-state index in [0.717, 1.165) is 0 Å². The van der Waals surface area contributed by atoms with E-state index in [1.807, 2.05) is 0 Å². The lowest BCUT2D eigenvalue weighted by atomic mass is 9.90. The van der Waals surface area contributed by atoms with Gasteiger partial charge in [-0.3, -0.25) is 5.41 Å². The molecule has 46 heavy (non-hydrogen) atoms. The molecule has 14 heteroatoms. The van der Waals surface area contributed by atoms with Crippen molar-refractivity contribution in [3.8, 4) is 22.5 Å². The zero-order valence-electron chi connectivity index (χ0n) is 25.0. The van der Waals surface area contributed by atoms with Crippen molar-refractivity contribution in [2.24, 2.45) is 0 Å². The number of carboxylic acid groups (broad SMARTS) is 3. The predicted octanol–water partition coefficient (Wildman–Crippen LogP) is 3.70. The van der Waals surface area contributed by atoms with Crippen molar-refractivity contribution in [2.75, 3.05) is 25.4 Å². The topological polar surface area (TPSA) is 227 Å². The molecule has 0 saturated heterocycles. The second-order valence-corrected chi connectivity index (χ2v) is 12.7. The number of benzene rings is 3. The molecule has 6 N–H and O–H groups in total. The summed E-state index contributed by atoms with van der Waals surface area (Å²) in [6.07, 6.45) is 1.18. The number of carbonyl (C=O) groups excluding carboxylic acids is 1. The normalized spacial score (nSPS) is 11.7. The summed E-state index contributed by atoms with van der Waals surface area (Å²) in [7, 11) is -4.41. The molecule has 2 aromatic carbocycles. The maximum atomic E-state index is 14.4. The number of nitrogens with zero attached hydrogens (tertiary/aromatic N) is 1. The molecule has 1 amide bonds. The van der Waals surface area contributed by atoms with E-state index in [1.54, 1.807) is 30.3 Å². The number of anilines is 1. The van der Waals surface area contributed by atoms with Gasteiger partial charge in [-0.05, 0) is 68.0 Å². The number of hydrogen-bond donors (Lipinski definition) is 5. The van der Waals surface area contributed by atoms with Gasteiger partial charge in [0.1, 0.15) is 5.58 Å². The molecule has 0 fully saturated rings. The molecule has 1 aliphatic heterocycles. The van der Waals surface area contributed by atoms with Crippen molar-refractivity contribution in [1.82, 2.24) is 9.62 Å². The number of carboxylic acids is 2. The largest absolute Gasteiger partial charge is 0.550 e. The van der Waals surface area contributed by atoms with Gasteiger partial charge >= 0.3 is 12.1 Å². The van der Waals surface area contributed by atoms with Crippen LogP contribution in [0.15, 0.2) is 63.9 Å². The van der Waals surface area contributed by atoms with Crippen LogP contribution in [0.3, 0.4) is 0 Å². The molecule has 0 unspecified atom stereocenters.